The summed E-state index contributed by atoms with van der Waals surface area (Å²) in [5.41, 5.74) is 1.90. The van der Waals surface area contributed by atoms with Gasteiger partial charge in [0.05, 0.1) is 17.1 Å². The van der Waals surface area contributed by atoms with Crippen LogP contribution in [0.4, 0.5) is 5.69 Å². The Morgan fingerprint density at radius 1 is 1.41 bits per heavy atom. The van der Waals surface area contributed by atoms with Crippen molar-refractivity contribution in [3.63, 3.8) is 0 Å². The number of aromatic amines is 1. The second-order valence-corrected chi connectivity index (χ2v) is 5.87. The topological polar surface area (TPSA) is 78.1 Å². The number of anilines is 1. The Morgan fingerprint density at radius 2 is 2.06 bits per heavy atom. The lowest BCUT2D eigenvalue weighted by atomic mass is 10.3. The van der Waals surface area contributed by atoms with Crippen LogP contribution in [0, 0.1) is 13.8 Å². The van der Waals surface area contributed by atoms with Crippen molar-refractivity contribution in [3.05, 3.63) is 11.4 Å². The maximum absolute atomic E-state index is 12.0. The SMILES string of the molecule is CCCCN(C)S(=O)(=O)Nc1c(C)n[nH]c1C. The first-order valence-electron chi connectivity index (χ1n) is 5.64. The molecular weight excluding hydrogens is 240 g/mol. The van der Waals surface area contributed by atoms with Crippen LogP contribution in [0.15, 0.2) is 0 Å². The Balaban J connectivity index is 2.80. The monoisotopic (exact) mass is 260 g/mol. The Bertz CT molecular complexity index is 447. The van der Waals surface area contributed by atoms with Gasteiger partial charge in [-0.2, -0.15) is 17.8 Å². The molecule has 1 aromatic rings. The molecule has 1 heterocycles. The van der Waals surface area contributed by atoms with Gasteiger partial charge in [0.25, 0.3) is 0 Å². The molecule has 6 nitrogen and oxygen atoms in total. The number of H-pyrrole nitrogens is 1. The molecule has 7 heteroatoms. The number of aromatic nitrogens is 2. The van der Waals surface area contributed by atoms with Crippen LogP contribution in [0.25, 0.3) is 0 Å². The maximum atomic E-state index is 12.0. The smallest absolute Gasteiger partial charge is 0.280 e. The highest BCUT2D eigenvalue weighted by atomic mass is 32.2. The summed E-state index contributed by atoms with van der Waals surface area (Å²) in [7, 11) is -1.90. The molecule has 0 bridgehead atoms. The molecule has 0 aliphatic rings. The van der Waals surface area contributed by atoms with Gasteiger partial charge < -0.3 is 0 Å². The molecule has 0 aliphatic carbocycles. The summed E-state index contributed by atoms with van der Waals surface area (Å²) in [5.74, 6) is 0. The van der Waals surface area contributed by atoms with Crippen LogP contribution in [0.3, 0.4) is 0 Å². The van der Waals surface area contributed by atoms with Crippen LogP contribution in [0.5, 0.6) is 0 Å². The van der Waals surface area contributed by atoms with Crippen LogP contribution in [0.2, 0.25) is 0 Å². The molecule has 0 radical (unpaired) electrons. The minimum atomic E-state index is -3.48. The van der Waals surface area contributed by atoms with Crippen molar-refractivity contribution in [1.82, 2.24) is 14.5 Å². The normalized spacial score (nSPS) is 12.1. The van der Waals surface area contributed by atoms with Gasteiger partial charge in [0.15, 0.2) is 0 Å². The number of rotatable bonds is 6. The molecular formula is C10H20N4O2S. The fraction of sp³-hybridized carbons (Fsp3) is 0.700. The van der Waals surface area contributed by atoms with Crippen LogP contribution in [-0.4, -0.2) is 36.5 Å². The lowest BCUT2D eigenvalue weighted by molar-refractivity contribution is 0.463. The molecule has 1 rings (SSSR count). The molecule has 0 aliphatic heterocycles. The van der Waals surface area contributed by atoms with Crippen LogP contribution >= 0.6 is 0 Å². The molecule has 0 amide bonds. The van der Waals surface area contributed by atoms with E-state index >= 15 is 0 Å². The van der Waals surface area contributed by atoms with Crippen LogP contribution in [-0.2, 0) is 10.2 Å². The van der Waals surface area contributed by atoms with E-state index in [0.29, 0.717) is 17.9 Å². The van der Waals surface area contributed by atoms with E-state index in [1.165, 1.54) is 4.31 Å². The third kappa shape index (κ3) is 3.44. The summed E-state index contributed by atoms with van der Waals surface area (Å²) < 4.78 is 27.8. The average molecular weight is 260 g/mol. The molecule has 0 atom stereocenters. The summed E-state index contributed by atoms with van der Waals surface area (Å²) in [6.45, 7) is 6.08. The predicted octanol–water partition coefficient (Wildman–Crippen LogP) is 1.42. The molecule has 0 spiro atoms. The first-order chi connectivity index (χ1) is 7.88. The highest BCUT2D eigenvalue weighted by Crippen LogP contribution is 2.18. The number of nitrogens with one attached hydrogen (secondary N) is 2. The van der Waals surface area contributed by atoms with E-state index < -0.39 is 10.2 Å². The maximum Gasteiger partial charge on any atom is 0.301 e. The van der Waals surface area contributed by atoms with Crippen molar-refractivity contribution in [1.29, 1.82) is 0 Å². The minimum Gasteiger partial charge on any atom is -0.280 e. The first-order valence-corrected chi connectivity index (χ1v) is 7.08. The molecule has 1 aromatic heterocycles. The average Bonchev–Trinajstić information content (AvgIpc) is 2.57. The lowest BCUT2D eigenvalue weighted by Gasteiger charge is -2.17. The third-order valence-corrected chi connectivity index (χ3v) is 4.06. The van der Waals surface area contributed by atoms with Gasteiger partial charge in [-0.05, 0) is 20.3 Å². The Kier molecular flexibility index (Phi) is 4.53. The molecule has 0 aromatic carbocycles. The summed E-state index contributed by atoms with van der Waals surface area (Å²) in [6.07, 6.45) is 1.81. The Labute approximate surface area is 103 Å². The molecule has 0 saturated heterocycles. The lowest BCUT2D eigenvalue weighted by Crippen LogP contribution is -2.33. The molecule has 2 N–H and O–H groups in total. The van der Waals surface area contributed by atoms with Gasteiger partial charge in [-0.15, -0.1) is 0 Å². The van der Waals surface area contributed by atoms with E-state index in [4.69, 9.17) is 0 Å². The number of hydrogen-bond acceptors (Lipinski definition) is 3. The van der Waals surface area contributed by atoms with Gasteiger partial charge in [0.2, 0.25) is 0 Å². The predicted molar refractivity (Wildman–Crippen MR) is 68.1 cm³/mol. The molecule has 0 unspecified atom stereocenters. The molecule has 0 saturated carbocycles. The second kappa shape index (κ2) is 5.50. The van der Waals surface area contributed by atoms with Gasteiger partial charge >= 0.3 is 10.2 Å². The number of hydrogen-bond donors (Lipinski definition) is 2. The highest BCUT2D eigenvalue weighted by Gasteiger charge is 2.19. The second-order valence-electron chi connectivity index (χ2n) is 4.09. The molecule has 0 fully saturated rings. The van der Waals surface area contributed by atoms with Crippen molar-refractivity contribution in [2.45, 2.75) is 33.6 Å². The third-order valence-electron chi connectivity index (χ3n) is 2.60. The fourth-order valence-corrected chi connectivity index (χ4v) is 2.49. The summed E-state index contributed by atoms with van der Waals surface area (Å²) >= 11 is 0. The summed E-state index contributed by atoms with van der Waals surface area (Å²) in [6, 6.07) is 0. The Morgan fingerprint density at radius 3 is 2.53 bits per heavy atom. The number of aryl methyl sites for hydroxylation is 2. The van der Waals surface area contributed by atoms with Crippen molar-refractivity contribution in [2.24, 2.45) is 0 Å². The van der Waals surface area contributed by atoms with E-state index in [1.54, 1.807) is 20.9 Å². The van der Waals surface area contributed by atoms with Gasteiger partial charge in [-0.25, -0.2) is 0 Å². The minimum absolute atomic E-state index is 0.516. The quantitative estimate of drug-likeness (QED) is 0.812. The molecule has 17 heavy (non-hydrogen) atoms. The standard InChI is InChI=1S/C10H20N4O2S/c1-5-6-7-14(4)17(15,16)13-10-8(2)11-12-9(10)3/h13H,5-7H2,1-4H3,(H,11,12). The summed E-state index contributed by atoms with van der Waals surface area (Å²) in [5, 5.41) is 6.70. The Hall–Kier alpha value is -1.08. The summed E-state index contributed by atoms with van der Waals surface area (Å²) in [4.78, 5) is 0. The molecule has 98 valence electrons. The van der Waals surface area contributed by atoms with E-state index in [0.717, 1.165) is 18.5 Å². The number of unbranched alkanes of at least 4 members (excludes halogenated alkanes) is 1. The largest absolute Gasteiger partial charge is 0.301 e. The fourth-order valence-electron chi connectivity index (χ4n) is 1.41. The number of nitrogens with zero attached hydrogens (tertiary/aromatic N) is 2. The van der Waals surface area contributed by atoms with Gasteiger partial charge in [0.1, 0.15) is 0 Å². The van der Waals surface area contributed by atoms with E-state index in [-0.39, 0.29) is 0 Å². The van der Waals surface area contributed by atoms with Crippen LogP contribution in [0.1, 0.15) is 31.2 Å². The zero-order valence-corrected chi connectivity index (χ0v) is 11.6. The van der Waals surface area contributed by atoms with E-state index in [1.807, 2.05) is 6.92 Å². The zero-order chi connectivity index (χ0) is 13.1. The van der Waals surface area contributed by atoms with Crippen molar-refractivity contribution in [3.8, 4) is 0 Å². The highest BCUT2D eigenvalue weighted by molar-refractivity contribution is 7.90. The first kappa shape index (κ1) is 14.0. The van der Waals surface area contributed by atoms with Gasteiger partial charge in [-0.1, -0.05) is 13.3 Å². The van der Waals surface area contributed by atoms with Crippen molar-refractivity contribution in [2.75, 3.05) is 18.3 Å². The van der Waals surface area contributed by atoms with E-state index in [2.05, 4.69) is 14.9 Å². The van der Waals surface area contributed by atoms with Crippen LogP contribution < -0.4 is 4.72 Å². The van der Waals surface area contributed by atoms with E-state index in [9.17, 15) is 8.42 Å². The van der Waals surface area contributed by atoms with Gasteiger partial charge in [-0.3, -0.25) is 9.82 Å². The van der Waals surface area contributed by atoms with Gasteiger partial charge in [0, 0.05) is 13.6 Å². The zero-order valence-electron chi connectivity index (χ0n) is 10.7. The van der Waals surface area contributed by atoms with Crippen molar-refractivity contribution >= 4 is 15.9 Å². The van der Waals surface area contributed by atoms with Crippen molar-refractivity contribution < 1.29 is 8.42 Å².